The molecule has 1 fully saturated rings. The van der Waals surface area contributed by atoms with Gasteiger partial charge < -0.3 is 5.32 Å². The molecule has 1 rings (SSSR count). The van der Waals surface area contributed by atoms with Crippen molar-refractivity contribution in [3.63, 3.8) is 0 Å². The molecule has 0 unspecified atom stereocenters. The molecule has 1 aliphatic rings. The van der Waals surface area contributed by atoms with Gasteiger partial charge in [-0.2, -0.15) is 0 Å². The topological polar surface area (TPSA) is 16.6 Å². The lowest BCUT2D eigenvalue weighted by molar-refractivity contribution is -0.656. The van der Waals surface area contributed by atoms with Gasteiger partial charge in [0.15, 0.2) is 0 Å². The highest BCUT2D eigenvalue weighted by Crippen LogP contribution is 2.01. The van der Waals surface area contributed by atoms with Crippen LogP contribution in [0.1, 0.15) is 32.1 Å². The van der Waals surface area contributed by atoms with Crippen LogP contribution < -0.4 is 5.32 Å². The molecule has 0 aliphatic carbocycles. The van der Waals surface area contributed by atoms with E-state index in [-0.39, 0.29) is 0 Å². The zero-order valence-electron chi connectivity index (χ0n) is 5.53. The van der Waals surface area contributed by atoms with Crippen LogP contribution in [0.4, 0.5) is 0 Å². The van der Waals surface area contributed by atoms with Gasteiger partial charge in [0, 0.05) is 0 Å². The summed E-state index contributed by atoms with van der Waals surface area (Å²) in [5.41, 5.74) is 0. The van der Waals surface area contributed by atoms with Crippen molar-refractivity contribution in [1.29, 1.82) is 0 Å². The van der Waals surface area contributed by atoms with E-state index in [1.54, 1.807) is 0 Å². The monoisotopic (exact) mass is 114 g/mol. The molecule has 0 radical (unpaired) electrons. The van der Waals surface area contributed by atoms with Crippen LogP contribution in [0.15, 0.2) is 0 Å². The van der Waals surface area contributed by atoms with Gasteiger partial charge in [-0.3, -0.25) is 0 Å². The smallest absolute Gasteiger partial charge is 0.0755 e. The second kappa shape index (κ2) is 3.90. The number of quaternary nitrogens is 1. The Labute approximate surface area is 51.5 Å². The molecule has 0 saturated carbocycles. The van der Waals surface area contributed by atoms with Crippen molar-refractivity contribution in [2.45, 2.75) is 32.1 Å². The van der Waals surface area contributed by atoms with Crippen molar-refractivity contribution < 1.29 is 5.32 Å². The van der Waals surface area contributed by atoms with Gasteiger partial charge >= 0.3 is 0 Å². The van der Waals surface area contributed by atoms with Crippen LogP contribution >= 0.6 is 0 Å². The quantitative estimate of drug-likeness (QED) is 0.472. The van der Waals surface area contributed by atoms with E-state index >= 15 is 0 Å². The molecule has 0 aromatic heterocycles. The molecule has 0 atom stereocenters. The fourth-order valence-corrected chi connectivity index (χ4v) is 1.25. The zero-order valence-corrected chi connectivity index (χ0v) is 5.53. The minimum Gasteiger partial charge on any atom is -0.346 e. The Morgan fingerprint density at radius 3 is 1.75 bits per heavy atom. The van der Waals surface area contributed by atoms with E-state index in [2.05, 4.69) is 5.32 Å². The first kappa shape index (κ1) is 6.09. The normalized spacial score (nSPS) is 24.0. The zero-order chi connectivity index (χ0) is 5.66. The Bertz CT molecular complexity index is 28.3. The molecule has 1 heteroatoms. The van der Waals surface area contributed by atoms with Crippen molar-refractivity contribution in [3.8, 4) is 0 Å². The van der Waals surface area contributed by atoms with Crippen molar-refractivity contribution in [2.75, 3.05) is 13.1 Å². The van der Waals surface area contributed by atoms with Gasteiger partial charge in [0.05, 0.1) is 13.1 Å². The van der Waals surface area contributed by atoms with E-state index < -0.39 is 0 Å². The van der Waals surface area contributed by atoms with E-state index in [1.165, 1.54) is 45.2 Å². The molecule has 0 amide bonds. The fourth-order valence-electron chi connectivity index (χ4n) is 1.25. The van der Waals surface area contributed by atoms with E-state index in [0.717, 1.165) is 0 Å². The van der Waals surface area contributed by atoms with E-state index in [9.17, 15) is 0 Å². The predicted molar refractivity (Wildman–Crippen MR) is 34.7 cm³/mol. The Balaban J connectivity index is 2.00. The summed E-state index contributed by atoms with van der Waals surface area (Å²) >= 11 is 0. The van der Waals surface area contributed by atoms with Crippen LogP contribution in [0.5, 0.6) is 0 Å². The second-order valence-electron chi connectivity index (χ2n) is 2.63. The van der Waals surface area contributed by atoms with Crippen molar-refractivity contribution in [3.05, 3.63) is 0 Å². The Morgan fingerprint density at radius 1 is 0.625 bits per heavy atom. The van der Waals surface area contributed by atoms with Gasteiger partial charge in [0.1, 0.15) is 0 Å². The maximum absolute atomic E-state index is 2.44. The SMILES string of the molecule is C1CCC[NH2+]CCC1. The molecule has 1 nitrogen and oxygen atoms in total. The molecule has 1 saturated heterocycles. The molecule has 2 N–H and O–H groups in total. The maximum atomic E-state index is 2.44. The largest absolute Gasteiger partial charge is 0.346 e. The first-order chi connectivity index (χ1) is 4.00. The molecule has 0 spiro atoms. The second-order valence-corrected chi connectivity index (χ2v) is 2.63. The number of hydrogen-bond acceptors (Lipinski definition) is 0. The van der Waals surface area contributed by atoms with E-state index in [0.29, 0.717) is 0 Å². The molecule has 48 valence electrons. The molecule has 8 heavy (non-hydrogen) atoms. The Morgan fingerprint density at radius 2 is 1.12 bits per heavy atom. The molecule has 1 heterocycles. The highest BCUT2D eigenvalue weighted by molar-refractivity contribution is 4.44. The van der Waals surface area contributed by atoms with E-state index in [4.69, 9.17) is 0 Å². The third kappa shape index (κ3) is 2.31. The average Bonchev–Trinajstić information content (AvgIpc) is 1.62. The number of rotatable bonds is 0. The molecule has 0 aromatic rings. The summed E-state index contributed by atoms with van der Waals surface area (Å²) < 4.78 is 0. The van der Waals surface area contributed by atoms with Gasteiger partial charge in [-0.05, 0) is 25.7 Å². The summed E-state index contributed by atoms with van der Waals surface area (Å²) in [4.78, 5) is 0. The average molecular weight is 114 g/mol. The lowest BCUT2D eigenvalue weighted by atomic mass is 10.1. The van der Waals surface area contributed by atoms with Gasteiger partial charge in [-0.15, -0.1) is 0 Å². The van der Waals surface area contributed by atoms with Crippen LogP contribution in [0.25, 0.3) is 0 Å². The first-order valence-electron chi connectivity index (χ1n) is 3.82. The van der Waals surface area contributed by atoms with Crippen LogP contribution in [-0.2, 0) is 0 Å². The highest BCUT2D eigenvalue weighted by Gasteiger charge is 1.97. The van der Waals surface area contributed by atoms with Gasteiger partial charge in [0.25, 0.3) is 0 Å². The summed E-state index contributed by atoms with van der Waals surface area (Å²) in [6.07, 6.45) is 7.31. The summed E-state index contributed by atoms with van der Waals surface area (Å²) in [6.45, 7) is 2.75. The number of hydrogen-bond donors (Lipinski definition) is 1. The van der Waals surface area contributed by atoms with Crippen LogP contribution in [0, 0.1) is 0 Å². The summed E-state index contributed by atoms with van der Waals surface area (Å²) in [7, 11) is 0. The van der Waals surface area contributed by atoms with Crippen molar-refractivity contribution >= 4 is 0 Å². The molecule has 0 aromatic carbocycles. The number of nitrogens with two attached hydrogens (primary N) is 1. The minimum absolute atomic E-state index is 1.38. The van der Waals surface area contributed by atoms with E-state index in [1.807, 2.05) is 0 Å². The molecular weight excluding hydrogens is 98.1 g/mol. The van der Waals surface area contributed by atoms with Crippen LogP contribution in [0.2, 0.25) is 0 Å². The molecule has 0 bridgehead atoms. The van der Waals surface area contributed by atoms with Gasteiger partial charge in [0.2, 0.25) is 0 Å². The fraction of sp³-hybridized carbons (Fsp3) is 1.00. The standard InChI is InChI=1S/C7H15N/c1-2-4-6-8-7-5-3-1/h8H,1-7H2/p+1. The minimum atomic E-state index is 1.38. The van der Waals surface area contributed by atoms with Crippen LogP contribution in [-0.4, -0.2) is 13.1 Å². The Kier molecular flexibility index (Phi) is 2.97. The molecule has 1 aliphatic heterocycles. The summed E-state index contributed by atoms with van der Waals surface area (Å²) in [5, 5.41) is 2.44. The van der Waals surface area contributed by atoms with Crippen molar-refractivity contribution in [2.24, 2.45) is 0 Å². The summed E-state index contributed by atoms with van der Waals surface area (Å²) in [5.74, 6) is 0. The van der Waals surface area contributed by atoms with Crippen LogP contribution in [0.3, 0.4) is 0 Å². The van der Waals surface area contributed by atoms with Gasteiger partial charge in [-0.1, -0.05) is 6.42 Å². The predicted octanol–water partition coefficient (Wildman–Crippen LogP) is 0.514. The van der Waals surface area contributed by atoms with Crippen molar-refractivity contribution in [1.82, 2.24) is 0 Å². The third-order valence-electron chi connectivity index (χ3n) is 1.82. The maximum Gasteiger partial charge on any atom is 0.0755 e. The Hall–Kier alpha value is -0.0400. The first-order valence-corrected chi connectivity index (χ1v) is 3.82. The third-order valence-corrected chi connectivity index (χ3v) is 1.82. The lowest BCUT2D eigenvalue weighted by Gasteiger charge is -2.05. The highest BCUT2D eigenvalue weighted by atomic mass is 14.8. The molecular formula is C7H16N+. The summed E-state index contributed by atoms with van der Waals surface area (Å²) in [6, 6.07) is 0. The van der Waals surface area contributed by atoms with Gasteiger partial charge in [-0.25, -0.2) is 0 Å². The lowest BCUT2D eigenvalue weighted by Crippen LogP contribution is -2.84.